The van der Waals surface area contributed by atoms with Gasteiger partial charge in [-0.15, -0.1) is 11.3 Å². The first-order valence-corrected chi connectivity index (χ1v) is 6.77. The molecule has 0 aromatic carbocycles. The van der Waals surface area contributed by atoms with Gasteiger partial charge in [-0.25, -0.2) is 9.78 Å². The van der Waals surface area contributed by atoms with E-state index in [0.29, 0.717) is 5.69 Å². The van der Waals surface area contributed by atoms with Crippen molar-refractivity contribution in [3.8, 4) is 0 Å². The molecule has 1 fully saturated rings. The Morgan fingerprint density at radius 2 is 2.29 bits per heavy atom. The number of anilines is 1. The van der Waals surface area contributed by atoms with Crippen molar-refractivity contribution in [2.75, 3.05) is 25.5 Å². The third-order valence-corrected chi connectivity index (χ3v) is 3.40. The molecule has 112 valence electrons. The highest BCUT2D eigenvalue weighted by Gasteiger charge is 2.30. The van der Waals surface area contributed by atoms with Crippen LogP contribution in [0.4, 0.5) is 9.93 Å². The minimum atomic E-state index is -0.597. The lowest BCUT2D eigenvalue weighted by Gasteiger charge is -2.10. The smallest absolute Gasteiger partial charge is 0.325 e. The van der Waals surface area contributed by atoms with Crippen molar-refractivity contribution in [3.05, 3.63) is 11.1 Å². The van der Waals surface area contributed by atoms with Gasteiger partial charge >= 0.3 is 12.0 Å². The summed E-state index contributed by atoms with van der Waals surface area (Å²) in [5.74, 6) is -1.43. The van der Waals surface area contributed by atoms with E-state index in [4.69, 9.17) is 0 Å². The topological polar surface area (TPSA) is 118 Å². The van der Waals surface area contributed by atoms with Gasteiger partial charge in [0.25, 0.3) is 5.91 Å². The molecule has 0 atom stereocenters. The number of hydrogen-bond donors (Lipinski definition) is 2. The monoisotopic (exact) mass is 312 g/mol. The molecule has 2 rings (SSSR count). The van der Waals surface area contributed by atoms with Crippen molar-refractivity contribution in [1.82, 2.24) is 15.2 Å². The standard InChI is InChI=1S/C11H12N4O5S/c1-20-9(18)2-6-5-21-10(13-6)14-7(16)4-15-8(17)3-12-11(15)19/h5H,2-4H2,1H3,(H,12,19)(H,13,14,16). The van der Waals surface area contributed by atoms with Crippen LogP contribution in [0, 0.1) is 0 Å². The molecule has 4 amide bonds. The van der Waals surface area contributed by atoms with Gasteiger partial charge in [0.05, 0.1) is 25.8 Å². The number of nitrogens with one attached hydrogen (secondary N) is 2. The zero-order chi connectivity index (χ0) is 15.4. The van der Waals surface area contributed by atoms with Crippen molar-refractivity contribution in [2.24, 2.45) is 0 Å². The summed E-state index contributed by atoms with van der Waals surface area (Å²) in [5.41, 5.74) is 0.470. The first kappa shape index (κ1) is 14.9. The Balaban J connectivity index is 1.89. The Hall–Kier alpha value is -2.49. The number of thiazole rings is 1. The summed E-state index contributed by atoms with van der Waals surface area (Å²) < 4.78 is 4.51. The summed E-state index contributed by atoms with van der Waals surface area (Å²) in [6.07, 6.45) is 0.00981. The van der Waals surface area contributed by atoms with Crippen LogP contribution in [0.2, 0.25) is 0 Å². The second-order valence-electron chi connectivity index (χ2n) is 4.08. The summed E-state index contributed by atoms with van der Waals surface area (Å²) in [6.45, 7) is -0.483. The number of ether oxygens (including phenoxy) is 1. The van der Waals surface area contributed by atoms with E-state index in [0.717, 1.165) is 16.2 Å². The Kier molecular flexibility index (Phi) is 4.48. The number of aromatic nitrogens is 1. The minimum absolute atomic E-state index is 0.00981. The van der Waals surface area contributed by atoms with E-state index in [1.807, 2.05) is 0 Å². The average Bonchev–Trinajstić information content (AvgIpc) is 3.00. The molecule has 0 radical (unpaired) electrons. The lowest BCUT2D eigenvalue weighted by atomic mass is 10.3. The fourth-order valence-corrected chi connectivity index (χ4v) is 2.31. The highest BCUT2D eigenvalue weighted by atomic mass is 32.1. The van der Waals surface area contributed by atoms with Crippen molar-refractivity contribution < 1.29 is 23.9 Å². The summed E-state index contributed by atoms with van der Waals surface area (Å²) in [5, 5.41) is 6.67. The fraction of sp³-hybridized carbons (Fsp3) is 0.364. The molecule has 10 heteroatoms. The second kappa shape index (κ2) is 6.31. The van der Waals surface area contributed by atoms with Gasteiger partial charge in [0.1, 0.15) is 6.54 Å². The van der Waals surface area contributed by atoms with Crippen LogP contribution in [0.3, 0.4) is 0 Å². The molecule has 1 aromatic heterocycles. The number of carbonyl (C=O) groups excluding carboxylic acids is 4. The third kappa shape index (κ3) is 3.75. The summed E-state index contributed by atoms with van der Waals surface area (Å²) in [4.78, 5) is 50.3. The Morgan fingerprint density at radius 1 is 1.52 bits per heavy atom. The van der Waals surface area contributed by atoms with Gasteiger partial charge in [-0.1, -0.05) is 0 Å². The molecule has 0 saturated carbocycles. The number of methoxy groups -OCH3 is 1. The third-order valence-electron chi connectivity index (χ3n) is 2.59. The van der Waals surface area contributed by atoms with Crippen molar-refractivity contribution in [3.63, 3.8) is 0 Å². The molecule has 1 aliphatic rings. The van der Waals surface area contributed by atoms with Gasteiger partial charge in [0.15, 0.2) is 5.13 Å². The number of rotatable bonds is 5. The highest BCUT2D eigenvalue weighted by molar-refractivity contribution is 7.13. The Morgan fingerprint density at radius 3 is 2.90 bits per heavy atom. The van der Waals surface area contributed by atoms with Crippen LogP contribution in [0.5, 0.6) is 0 Å². The lowest BCUT2D eigenvalue weighted by molar-refractivity contribution is -0.139. The molecule has 1 aliphatic heterocycles. The lowest BCUT2D eigenvalue weighted by Crippen LogP contribution is -2.38. The predicted molar refractivity (Wildman–Crippen MR) is 71.6 cm³/mol. The van der Waals surface area contributed by atoms with Crippen LogP contribution in [-0.2, 0) is 25.5 Å². The molecule has 0 aliphatic carbocycles. The molecule has 2 heterocycles. The zero-order valence-electron chi connectivity index (χ0n) is 11.0. The number of amides is 4. The van der Waals surface area contributed by atoms with Crippen molar-refractivity contribution in [1.29, 1.82) is 0 Å². The first-order chi connectivity index (χ1) is 9.99. The largest absolute Gasteiger partial charge is 0.469 e. The quantitative estimate of drug-likeness (QED) is 0.551. The van der Waals surface area contributed by atoms with Gasteiger partial charge in [-0.3, -0.25) is 19.3 Å². The van der Waals surface area contributed by atoms with Crippen molar-refractivity contribution in [2.45, 2.75) is 6.42 Å². The zero-order valence-corrected chi connectivity index (χ0v) is 11.9. The van der Waals surface area contributed by atoms with E-state index >= 15 is 0 Å². The number of imide groups is 1. The molecule has 9 nitrogen and oxygen atoms in total. The number of urea groups is 1. The van der Waals surface area contributed by atoms with E-state index in [-0.39, 0.29) is 24.6 Å². The van der Waals surface area contributed by atoms with Gasteiger partial charge in [0, 0.05) is 5.38 Å². The molecular formula is C11H12N4O5S. The Bertz CT molecular complexity index is 583. The van der Waals surface area contributed by atoms with E-state index in [1.54, 1.807) is 5.38 Å². The molecule has 21 heavy (non-hydrogen) atoms. The van der Waals surface area contributed by atoms with Crippen LogP contribution in [0.25, 0.3) is 0 Å². The van der Waals surface area contributed by atoms with E-state index < -0.39 is 23.8 Å². The molecular weight excluding hydrogens is 300 g/mol. The number of hydrogen-bond acceptors (Lipinski definition) is 7. The SMILES string of the molecule is COC(=O)Cc1csc(NC(=O)CN2C(=O)CNC2=O)n1. The van der Waals surface area contributed by atoms with Crippen LogP contribution in [-0.4, -0.2) is 53.9 Å². The van der Waals surface area contributed by atoms with E-state index in [9.17, 15) is 19.2 Å². The summed E-state index contributed by atoms with van der Waals surface area (Å²) >= 11 is 1.14. The minimum Gasteiger partial charge on any atom is -0.469 e. The number of carbonyl (C=O) groups is 4. The summed E-state index contributed by atoms with van der Waals surface area (Å²) in [6, 6.07) is -0.597. The molecule has 0 unspecified atom stereocenters. The number of nitrogens with zero attached hydrogens (tertiary/aromatic N) is 2. The maximum atomic E-state index is 11.7. The predicted octanol–water partition coefficient (Wildman–Crippen LogP) is -0.651. The van der Waals surface area contributed by atoms with E-state index in [2.05, 4.69) is 20.4 Å². The Labute approximate surface area is 123 Å². The molecule has 1 saturated heterocycles. The van der Waals surface area contributed by atoms with Crippen LogP contribution in [0.15, 0.2) is 5.38 Å². The molecule has 2 N–H and O–H groups in total. The van der Waals surface area contributed by atoms with Crippen LogP contribution >= 0.6 is 11.3 Å². The summed E-state index contributed by atoms with van der Waals surface area (Å²) in [7, 11) is 1.27. The van der Waals surface area contributed by atoms with Gasteiger partial charge < -0.3 is 15.4 Å². The molecule has 0 bridgehead atoms. The molecule has 1 aromatic rings. The maximum Gasteiger partial charge on any atom is 0.325 e. The first-order valence-electron chi connectivity index (χ1n) is 5.89. The highest BCUT2D eigenvalue weighted by Crippen LogP contribution is 2.16. The van der Waals surface area contributed by atoms with Gasteiger partial charge in [-0.2, -0.15) is 0 Å². The fourth-order valence-electron chi connectivity index (χ4n) is 1.58. The van der Waals surface area contributed by atoms with Crippen LogP contribution in [0.1, 0.15) is 5.69 Å². The maximum absolute atomic E-state index is 11.7. The normalized spacial score (nSPS) is 14.0. The average molecular weight is 312 g/mol. The van der Waals surface area contributed by atoms with Crippen molar-refractivity contribution >= 4 is 40.3 Å². The number of esters is 1. The van der Waals surface area contributed by atoms with Crippen LogP contribution < -0.4 is 10.6 Å². The second-order valence-corrected chi connectivity index (χ2v) is 4.94. The van der Waals surface area contributed by atoms with Gasteiger partial charge in [-0.05, 0) is 0 Å². The van der Waals surface area contributed by atoms with E-state index in [1.165, 1.54) is 7.11 Å². The van der Waals surface area contributed by atoms with Gasteiger partial charge in [0.2, 0.25) is 5.91 Å². The molecule has 0 spiro atoms.